The van der Waals surface area contributed by atoms with E-state index >= 15 is 0 Å². The summed E-state index contributed by atoms with van der Waals surface area (Å²) in [5, 5.41) is 3.93. The van der Waals surface area contributed by atoms with Crippen molar-refractivity contribution in [3.63, 3.8) is 0 Å². The predicted octanol–water partition coefficient (Wildman–Crippen LogP) is 3.39. The van der Waals surface area contributed by atoms with Crippen LogP contribution in [0, 0.1) is 12.8 Å². The largest absolute Gasteiger partial charge is 0.477 e. The van der Waals surface area contributed by atoms with Crippen molar-refractivity contribution < 1.29 is 14.1 Å². The van der Waals surface area contributed by atoms with Crippen LogP contribution in [0.3, 0.4) is 0 Å². The number of rotatable bonds is 5. The standard InChI is InChI=1S/C18H23N3O3/c1-12(2)11-23-17-7-6-14(10-19-17)18(22)21-8-4-5-15(21)16-9-13(3)20-24-16/h6-7,9-10,12,15H,4-5,8,11H2,1-3H3. The van der Waals surface area contributed by atoms with Gasteiger partial charge >= 0.3 is 0 Å². The fraction of sp³-hybridized carbons (Fsp3) is 0.500. The molecule has 0 aromatic carbocycles. The zero-order chi connectivity index (χ0) is 17.1. The number of aryl methyl sites for hydroxylation is 1. The first-order valence-corrected chi connectivity index (χ1v) is 8.37. The second kappa shape index (κ2) is 7.03. The summed E-state index contributed by atoms with van der Waals surface area (Å²) in [6.45, 7) is 7.37. The Bertz CT molecular complexity index is 694. The third-order valence-corrected chi connectivity index (χ3v) is 4.04. The van der Waals surface area contributed by atoms with Gasteiger partial charge in [-0.15, -0.1) is 0 Å². The zero-order valence-corrected chi connectivity index (χ0v) is 14.4. The zero-order valence-electron chi connectivity index (χ0n) is 14.4. The van der Waals surface area contributed by atoms with E-state index in [2.05, 4.69) is 24.0 Å². The lowest BCUT2D eigenvalue weighted by Gasteiger charge is -2.22. The van der Waals surface area contributed by atoms with Crippen molar-refractivity contribution in [1.82, 2.24) is 15.0 Å². The van der Waals surface area contributed by atoms with Gasteiger partial charge in [-0.1, -0.05) is 19.0 Å². The molecule has 2 aromatic heterocycles. The molecule has 0 radical (unpaired) electrons. The van der Waals surface area contributed by atoms with E-state index in [1.807, 2.05) is 17.9 Å². The summed E-state index contributed by atoms with van der Waals surface area (Å²) < 4.78 is 10.9. The minimum absolute atomic E-state index is 0.0329. The van der Waals surface area contributed by atoms with Gasteiger partial charge in [0.25, 0.3) is 5.91 Å². The minimum atomic E-state index is -0.0458. The molecule has 1 amide bonds. The Kier molecular flexibility index (Phi) is 4.83. The van der Waals surface area contributed by atoms with E-state index < -0.39 is 0 Å². The Labute approximate surface area is 141 Å². The van der Waals surface area contributed by atoms with E-state index in [1.165, 1.54) is 0 Å². The molecule has 0 aliphatic carbocycles. The van der Waals surface area contributed by atoms with Crippen LogP contribution in [-0.4, -0.2) is 34.1 Å². The number of pyridine rings is 1. The van der Waals surface area contributed by atoms with Gasteiger partial charge in [-0.3, -0.25) is 4.79 Å². The second-order valence-corrected chi connectivity index (χ2v) is 6.62. The molecule has 128 valence electrons. The van der Waals surface area contributed by atoms with Gasteiger partial charge in [0.15, 0.2) is 5.76 Å². The van der Waals surface area contributed by atoms with Gasteiger partial charge < -0.3 is 14.2 Å². The molecule has 0 bridgehead atoms. The monoisotopic (exact) mass is 329 g/mol. The van der Waals surface area contributed by atoms with Crippen molar-refractivity contribution in [2.45, 2.75) is 39.7 Å². The van der Waals surface area contributed by atoms with E-state index in [9.17, 15) is 4.79 Å². The van der Waals surface area contributed by atoms with Crippen molar-refractivity contribution in [3.05, 3.63) is 41.4 Å². The van der Waals surface area contributed by atoms with Gasteiger partial charge in [-0.25, -0.2) is 4.98 Å². The number of nitrogens with zero attached hydrogens (tertiary/aromatic N) is 3. The van der Waals surface area contributed by atoms with Crippen LogP contribution in [0.25, 0.3) is 0 Å². The quantitative estimate of drug-likeness (QED) is 0.841. The molecule has 24 heavy (non-hydrogen) atoms. The molecule has 6 heteroatoms. The van der Waals surface area contributed by atoms with Gasteiger partial charge in [0.2, 0.25) is 5.88 Å². The molecule has 0 N–H and O–H groups in total. The fourth-order valence-corrected chi connectivity index (χ4v) is 2.86. The number of carbonyl (C=O) groups excluding carboxylic acids is 1. The van der Waals surface area contributed by atoms with Gasteiger partial charge in [-0.05, 0) is 31.7 Å². The van der Waals surface area contributed by atoms with Crippen molar-refractivity contribution in [3.8, 4) is 5.88 Å². The lowest BCUT2D eigenvalue weighted by atomic mass is 10.1. The second-order valence-electron chi connectivity index (χ2n) is 6.62. The highest BCUT2D eigenvalue weighted by atomic mass is 16.5. The molecule has 3 heterocycles. The molecular weight excluding hydrogens is 306 g/mol. The third-order valence-electron chi connectivity index (χ3n) is 4.04. The Morgan fingerprint density at radius 3 is 2.92 bits per heavy atom. The molecule has 1 fully saturated rings. The van der Waals surface area contributed by atoms with Crippen molar-refractivity contribution >= 4 is 5.91 Å². The van der Waals surface area contributed by atoms with Crippen LogP contribution in [0.4, 0.5) is 0 Å². The first-order chi connectivity index (χ1) is 11.5. The molecule has 3 rings (SSSR count). The van der Waals surface area contributed by atoms with Crippen LogP contribution < -0.4 is 4.74 Å². The molecule has 1 saturated heterocycles. The number of hydrogen-bond acceptors (Lipinski definition) is 5. The van der Waals surface area contributed by atoms with E-state index in [0.717, 1.165) is 30.8 Å². The van der Waals surface area contributed by atoms with Gasteiger partial charge in [0.05, 0.1) is 23.9 Å². The number of likely N-dealkylation sites (tertiary alicyclic amines) is 1. The molecule has 0 saturated carbocycles. The van der Waals surface area contributed by atoms with E-state index in [1.54, 1.807) is 18.3 Å². The molecule has 1 aliphatic rings. The average molecular weight is 329 g/mol. The summed E-state index contributed by atoms with van der Waals surface area (Å²) in [4.78, 5) is 18.9. The van der Waals surface area contributed by atoms with Crippen LogP contribution >= 0.6 is 0 Å². The van der Waals surface area contributed by atoms with Crippen molar-refractivity contribution in [2.75, 3.05) is 13.2 Å². The SMILES string of the molecule is Cc1cc(C2CCCN2C(=O)c2ccc(OCC(C)C)nc2)on1. The van der Waals surface area contributed by atoms with Crippen LogP contribution in [0.2, 0.25) is 0 Å². The molecule has 2 aromatic rings. The highest BCUT2D eigenvalue weighted by molar-refractivity contribution is 5.94. The van der Waals surface area contributed by atoms with Crippen molar-refractivity contribution in [1.29, 1.82) is 0 Å². The Balaban J connectivity index is 1.71. The van der Waals surface area contributed by atoms with Crippen molar-refractivity contribution in [2.24, 2.45) is 5.92 Å². The summed E-state index contributed by atoms with van der Waals surface area (Å²) in [5.74, 6) is 1.70. The third kappa shape index (κ3) is 3.58. The van der Waals surface area contributed by atoms with Crippen LogP contribution in [0.1, 0.15) is 54.5 Å². The first-order valence-electron chi connectivity index (χ1n) is 8.37. The maximum atomic E-state index is 12.8. The average Bonchev–Trinajstić information content (AvgIpc) is 3.21. The number of amides is 1. The number of ether oxygens (including phenoxy) is 1. The Morgan fingerprint density at radius 1 is 1.46 bits per heavy atom. The predicted molar refractivity (Wildman–Crippen MR) is 88.8 cm³/mol. The Morgan fingerprint density at radius 2 is 2.29 bits per heavy atom. The molecule has 1 atom stereocenters. The molecular formula is C18H23N3O3. The fourth-order valence-electron chi connectivity index (χ4n) is 2.86. The summed E-state index contributed by atoms with van der Waals surface area (Å²) in [6, 6.07) is 5.37. The Hall–Kier alpha value is -2.37. The van der Waals surface area contributed by atoms with E-state index in [4.69, 9.17) is 9.26 Å². The van der Waals surface area contributed by atoms with Gasteiger partial charge in [0.1, 0.15) is 0 Å². The van der Waals surface area contributed by atoms with Gasteiger partial charge in [0, 0.05) is 24.9 Å². The summed E-state index contributed by atoms with van der Waals surface area (Å²) >= 11 is 0. The molecule has 1 aliphatic heterocycles. The minimum Gasteiger partial charge on any atom is -0.477 e. The van der Waals surface area contributed by atoms with Gasteiger partial charge in [-0.2, -0.15) is 0 Å². The van der Waals surface area contributed by atoms with Crippen LogP contribution in [0.5, 0.6) is 5.88 Å². The van der Waals surface area contributed by atoms with E-state index in [-0.39, 0.29) is 11.9 Å². The maximum absolute atomic E-state index is 12.8. The molecule has 6 nitrogen and oxygen atoms in total. The molecule has 1 unspecified atom stereocenters. The molecule has 0 spiro atoms. The highest BCUT2D eigenvalue weighted by Gasteiger charge is 2.33. The number of aromatic nitrogens is 2. The summed E-state index contributed by atoms with van der Waals surface area (Å²) in [6.07, 6.45) is 3.43. The highest BCUT2D eigenvalue weighted by Crippen LogP contribution is 2.33. The number of carbonyl (C=O) groups is 1. The topological polar surface area (TPSA) is 68.5 Å². The van der Waals surface area contributed by atoms with Crippen LogP contribution in [-0.2, 0) is 0 Å². The number of hydrogen-bond donors (Lipinski definition) is 0. The maximum Gasteiger partial charge on any atom is 0.256 e. The van der Waals surface area contributed by atoms with E-state index in [0.29, 0.717) is 24.0 Å². The lowest BCUT2D eigenvalue weighted by molar-refractivity contribution is 0.0714. The normalized spacial score (nSPS) is 17.5. The van der Waals surface area contributed by atoms with Crippen LogP contribution in [0.15, 0.2) is 28.9 Å². The lowest BCUT2D eigenvalue weighted by Crippen LogP contribution is -2.30. The summed E-state index contributed by atoms with van der Waals surface area (Å²) in [7, 11) is 0. The smallest absolute Gasteiger partial charge is 0.256 e. The summed E-state index contributed by atoms with van der Waals surface area (Å²) in [5.41, 5.74) is 1.40. The first kappa shape index (κ1) is 16.5.